The molecule has 1 unspecified atom stereocenters. The molecule has 0 saturated carbocycles. The predicted octanol–water partition coefficient (Wildman–Crippen LogP) is 2.31. The van der Waals surface area contributed by atoms with Crippen LogP contribution in [0.3, 0.4) is 0 Å². The fraction of sp³-hybridized carbons (Fsp3) is 0.200. The summed E-state index contributed by atoms with van der Waals surface area (Å²) >= 11 is 9.12. The van der Waals surface area contributed by atoms with Gasteiger partial charge in [0.1, 0.15) is 11.3 Å². The monoisotopic (exact) mass is 301 g/mol. The molecule has 0 amide bonds. The van der Waals surface area contributed by atoms with Crippen LogP contribution < -0.4 is 0 Å². The van der Waals surface area contributed by atoms with Crippen molar-refractivity contribution in [2.24, 2.45) is 7.05 Å². The first-order valence-corrected chi connectivity index (χ1v) is 5.73. The lowest BCUT2D eigenvalue weighted by atomic mass is 10.1. The predicted molar refractivity (Wildman–Crippen MR) is 64.2 cm³/mol. The fourth-order valence-electron chi connectivity index (χ4n) is 1.47. The summed E-state index contributed by atoms with van der Waals surface area (Å²) in [5.74, 6) is 0. The molecule has 2 rings (SSSR count). The van der Waals surface area contributed by atoms with E-state index in [9.17, 15) is 5.11 Å². The van der Waals surface area contributed by atoms with Crippen molar-refractivity contribution in [2.45, 2.75) is 6.10 Å². The molecule has 2 aromatic rings. The maximum atomic E-state index is 10.2. The summed E-state index contributed by atoms with van der Waals surface area (Å²) in [7, 11) is 1.77. The molecule has 0 radical (unpaired) electrons. The van der Waals surface area contributed by atoms with Crippen molar-refractivity contribution in [1.29, 1.82) is 0 Å². The Labute approximate surface area is 106 Å². The molecule has 6 heteroatoms. The van der Waals surface area contributed by atoms with Gasteiger partial charge in [0.2, 0.25) is 0 Å². The van der Waals surface area contributed by atoms with E-state index in [4.69, 9.17) is 11.6 Å². The second kappa shape index (κ2) is 4.53. The number of aryl methyl sites for hydroxylation is 1. The molecule has 1 atom stereocenters. The molecule has 4 nitrogen and oxygen atoms in total. The van der Waals surface area contributed by atoms with Crippen LogP contribution in [0.2, 0.25) is 5.15 Å². The van der Waals surface area contributed by atoms with Crippen LogP contribution >= 0.6 is 27.5 Å². The topological polar surface area (TPSA) is 50.9 Å². The van der Waals surface area contributed by atoms with E-state index in [1.807, 2.05) is 0 Å². The second-order valence-electron chi connectivity index (χ2n) is 3.32. The van der Waals surface area contributed by atoms with Crippen LogP contribution in [0.25, 0.3) is 0 Å². The third kappa shape index (κ3) is 2.11. The zero-order chi connectivity index (χ0) is 11.7. The van der Waals surface area contributed by atoms with Crippen LogP contribution in [0.5, 0.6) is 0 Å². The van der Waals surface area contributed by atoms with Gasteiger partial charge in [-0.25, -0.2) is 4.98 Å². The van der Waals surface area contributed by atoms with Crippen LogP contribution in [-0.2, 0) is 7.05 Å². The molecule has 0 spiro atoms. The molecule has 16 heavy (non-hydrogen) atoms. The maximum Gasteiger partial charge on any atom is 0.129 e. The van der Waals surface area contributed by atoms with E-state index in [0.29, 0.717) is 16.4 Å². The van der Waals surface area contributed by atoms with E-state index in [0.717, 1.165) is 4.47 Å². The molecular weight excluding hydrogens is 293 g/mol. The molecule has 0 aliphatic heterocycles. The molecule has 2 heterocycles. The molecule has 0 fully saturated rings. The molecule has 1 N–H and O–H groups in total. The number of pyridine rings is 1. The minimum absolute atomic E-state index is 0.356. The quantitative estimate of drug-likeness (QED) is 0.866. The Bertz CT molecular complexity index is 495. The number of hydrogen-bond donors (Lipinski definition) is 1. The lowest BCUT2D eigenvalue weighted by Crippen LogP contribution is -2.07. The summed E-state index contributed by atoms with van der Waals surface area (Å²) < 4.78 is 2.37. The van der Waals surface area contributed by atoms with Gasteiger partial charge < -0.3 is 5.11 Å². The number of rotatable bonds is 2. The average molecular weight is 303 g/mol. The van der Waals surface area contributed by atoms with E-state index in [-0.39, 0.29) is 0 Å². The van der Waals surface area contributed by atoms with Crippen LogP contribution in [0, 0.1) is 0 Å². The zero-order valence-corrected chi connectivity index (χ0v) is 10.8. The highest BCUT2D eigenvalue weighted by molar-refractivity contribution is 9.10. The molecule has 0 aliphatic rings. The molecule has 0 saturated heterocycles. The lowest BCUT2D eigenvalue weighted by Gasteiger charge is -2.12. The van der Waals surface area contributed by atoms with Gasteiger partial charge in [0, 0.05) is 13.2 Å². The highest BCUT2D eigenvalue weighted by Gasteiger charge is 2.18. The molecule has 0 aromatic carbocycles. The number of aliphatic hydroxyl groups is 1. The van der Waals surface area contributed by atoms with Crippen molar-refractivity contribution in [3.8, 4) is 0 Å². The minimum atomic E-state index is -0.776. The Balaban J connectivity index is 2.43. The molecular formula is C10H9BrClN3O. The van der Waals surface area contributed by atoms with Crippen molar-refractivity contribution in [3.05, 3.63) is 45.4 Å². The Morgan fingerprint density at radius 1 is 1.56 bits per heavy atom. The van der Waals surface area contributed by atoms with Gasteiger partial charge in [0.25, 0.3) is 0 Å². The number of nitrogens with zero attached hydrogens (tertiary/aromatic N) is 3. The SMILES string of the molecule is Cn1ncc(Br)c1C(O)c1ccnc(Cl)c1. The summed E-state index contributed by atoms with van der Waals surface area (Å²) in [4.78, 5) is 3.87. The van der Waals surface area contributed by atoms with Gasteiger partial charge in [-0.05, 0) is 33.6 Å². The van der Waals surface area contributed by atoms with E-state index < -0.39 is 6.10 Å². The Morgan fingerprint density at radius 3 is 2.88 bits per heavy atom. The first kappa shape index (κ1) is 11.6. The lowest BCUT2D eigenvalue weighted by molar-refractivity contribution is 0.209. The van der Waals surface area contributed by atoms with Gasteiger partial charge in [-0.15, -0.1) is 0 Å². The van der Waals surface area contributed by atoms with Crippen molar-refractivity contribution < 1.29 is 5.11 Å². The fourth-order valence-corrected chi connectivity index (χ4v) is 2.22. The third-order valence-corrected chi connectivity index (χ3v) is 3.08. The van der Waals surface area contributed by atoms with Gasteiger partial charge in [0.05, 0.1) is 16.4 Å². The van der Waals surface area contributed by atoms with Crippen molar-refractivity contribution in [3.63, 3.8) is 0 Å². The first-order valence-electron chi connectivity index (χ1n) is 4.56. The largest absolute Gasteiger partial charge is 0.382 e. The van der Waals surface area contributed by atoms with Gasteiger partial charge in [-0.1, -0.05) is 11.6 Å². The number of aromatic nitrogens is 3. The van der Waals surface area contributed by atoms with Gasteiger partial charge in [-0.2, -0.15) is 5.10 Å². The summed E-state index contributed by atoms with van der Waals surface area (Å²) in [6.45, 7) is 0. The van der Waals surface area contributed by atoms with Crippen LogP contribution in [0.4, 0.5) is 0 Å². The number of hydrogen-bond acceptors (Lipinski definition) is 3. The summed E-state index contributed by atoms with van der Waals surface area (Å²) in [6.07, 6.45) is 2.43. The second-order valence-corrected chi connectivity index (χ2v) is 4.56. The standard InChI is InChI=1S/C10H9BrClN3O/c1-15-9(7(11)5-14-15)10(16)6-2-3-13-8(12)4-6/h2-5,10,16H,1H3. The molecule has 0 aliphatic carbocycles. The van der Waals surface area contributed by atoms with Crippen molar-refractivity contribution >= 4 is 27.5 Å². The third-order valence-electron chi connectivity index (χ3n) is 2.26. The highest BCUT2D eigenvalue weighted by atomic mass is 79.9. The van der Waals surface area contributed by atoms with Crippen molar-refractivity contribution in [1.82, 2.24) is 14.8 Å². The maximum absolute atomic E-state index is 10.2. The van der Waals surface area contributed by atoms with E-state index >= 15 is 0 Å². The van der Waals surface area contributed by atoms with E-state index in [2.05, 4.69) is 26.0 Å². The molecule has 84 valence electrons. The Morgan fingerprint density at radius 2 is 2.31 bits per heavy atom. The van der Waals surface area contributed by atoms with Crippen molar-refractivity contribution in [2.75, 3.05) is 0 Å². The normalized spacial score (nSPS) is 12.8. The average Bonchev–Trinajstić information content (AvgIpc) is 2.58. The minimum Gasteiger partial charge on any atom is -0.382 e. The molecule has 2 aromatic heterocycles. The first-order chi connectivity index (χ1) is 7.59. The van der Waals surface area contributed by atoms with Gasteiger partial charge in [-0.3, -0.25) is 4.68 Å². The van der Waals surface area contributed by atoms with Gasteiger partial charge >= 0.3 is 0 Å². The number of aliphatic hydroxyl groups excluding tert-OH is 1. The smallest absolute Gasteiger partial charge is 0.129 e. The van der Waals surface area contributed by atoms with Crippen LogP contribution in [0.15, 0.2) is 29.0 Å². The number of halogens is 2. The van der Waals surface area contributed by atoms with Gasteiger partial charge in [0.15, 0.2) is 0 Å². The highest BCUT2D eigenvalue weighted by Crippen LogP contribution is 2.28. The summed E-state index contributed by atoms with van der Waals surface area (Å²) in [6, 6.07) is 3.35. The molecule has 0 bridgehead atoms. The summed E-state index contributed by atoms with van der Waals surface area (Å²) in [5, 5.41) is 14.6. The summed E-state index contributed by atoms with van der Waals surface area (Å²) in [5.41, 5.74) is 1.37. The van der Waals surface area contributed by atoms with E-state index in [1.165, 1.54) is 0 Å². The Kier molecular flexibility index (Phi) is 3.28. The Hall–Kier alpha value is -0.910. The van der Waals surface area contributed by atoms with E-state index in [1.54, 1.807) is 36.3 Å². The van der Waals surface area contributed by atoms with Crippen LogP contribution in [-0.4, -0.2) is 19.9 Å². The zero-order valence-electron chi connectivity index (χ0n) is 8.43. The van der Waals surface area contributed by atoms with Crippen LogP contribution in [0.1, 0.15) is 17.4 Å².